The molecule has 3 nitrogen and oxygen atoms in total. The van der Waals surface area contributed by atoms with Crippen LogP contribution in [0.4, 0.5) is 0 Å². The van der Waals surface area contributed by atoms with Crippen LogP contribution in [0.5, 0.6) is 0 Å². The standard InChI is InChI=1S/C9H11NO2.2Li/c1-7(2)12-9(11)6-8-4-3-5-10-8;;/h3-7H,1-2H3;;/q-2;2*+1. The molecule has 0 saturated heterocycles. The van der Waals surface area contributed by atoms with Gasteiger partial charge in [-0.2, -0.15) is 12.3 Å². The van der Waals surface area contributed by atoms with Crippen LogP contribution in [0.15, 0.2) is 18.3 Å². The van der Waals surface area contributed by atoms with Crippen molar-refractivity contribution in [3.63, 3.8) is 0 Å². The van der Waals surface area contributed by atoms with Gasteiger partial charge in [0.25, 0.3) is 0 Å². The number of ether oxygens (including phenoxy) is 1. The summed E-state index contributed by atoms with van der Waals surface area (Å²) in [4.78, 5) is 14.9. The molecule has 1 rings (SSSR count). The van der Waals surface area contributed by atoms with E-state index in [1.54, 1.807) is 18.3 Å². The van der Waals surface area contributed by atoms with Gasteiger partial charge in [0.15, 0.2) is 0 Å². The summed E-state index contributed by atoms with van der Waals surface area (Å²) in [6.45, 7) is 3.62. The van der Waals surface area contributed by atoms with Gasteiger partial charge in [0.2, 0.25) is 5.97 Å². The molecule has 5 heteroatoms. The molecule has 14 heavy (non-hydrogen) atoms. The fourth-order valence-corrected chi connectivity index (χ4v) is 0.786. The molecule has 0 spiro atoms. The van der Waals surface area contributed by atoms with Gasteiger partial charge in [0.1, 0.15) is 0 Å². The van der Waals surface area contributed by atoms with E-state index in [0.29, 0.717) is 5.69 Å². The number of carbonyl (C=O) groups is 1. The third-order valence-electron chi connectivity index (χ3n) is 1.19. The summed E-state index contributed by atoms with van der Waals surface area (Å²) in [5, 5.41) is 0. The first-order valence-corrected chi connectivity index (χ1v) is 3.81. The maximum Gasteiger partial charge on any atom is 1.00 e. The third kappa shape index (κ3) is 6.30. The van der Waals surface area contributed by atoms with E-state index in [-0.39, 0.29) is 49.8 Å². The molecule has 0 aliphatic rings. The summed E-state index contributed by atoms with van der Waals surface area (Å²) in [5.41, 5.74) is 0.639. The molecule has 1 heterocycles. The number of aromatic nitrogens is 1. The van der Waals surface area contributed by atoms with Crippen LogP contribution in [-0.4, -0.2) is 12.1 Å². The zero-order valence-electron chi connectivity index (χ0n) is 9.15. The minimum atomic E-state index is -0.344. The predicted octanol–water partition coefficient (Wildman–Crippen LogP) is -4.84. The SMILES string of the molecule is CC(C)OC(=O)[CH-]c1ccc[n-]1.[Li+].[Li+]. The van der Waals surface area contributed by atoms with Crippen molar-refractivity contribution >= 4 is 5.97 Å². The van der Waals surface area contributed by atoms with Crippen LogP contribution in [0.3, 0.4) is 0 Å². The third-order valence-corrected chi connectivity index (χ3v) is 1.19. The zero-order valence-corrected chi connectivity index (χ0v) is 9.15. The smallest absolute Gasteiger partial charge is 0.695 e. The predicted molar refractivity (Wildman–Crippen MR) is 44.4 cm³/mol. The fourth-order valence-electron chi connectivity index (χ4n) is 0.786. The van der Waals surface area contributed by atoms with Crippen LogP contribution in [0, 0.1) is 6.42 Å². The topological polar surface area (TPSA) is 40.4 Å². The van der Waals surface area contributed by atoms with Gasteiger partial charge in [-0.05, 0) is 13.8 Å². The van der Waals surface area contributed by atoms with E-state index >= 15 is 0 Å². The summed E-state index contributed by atoms with van der Waals surface area (Å²) in [6.07, 6.45) is 2.93. The van der Waals surface area contributed by atoms with Crippen LogP contribution < -0.4 is 42.7 Å². The van der Waals surface area contributed by atoms with Crippen LogP contribution in [0.25, 0.3) is 0 Å². The van der Waals surface area contributed by atoms with E-state index < -0.39 is 0 Å². The van der Waals surface area contributed by atoms with Gasteiger partial charge < -0.3 is 15.4 Å². The van der Waals surface area contributed by atoms with Crippen LogP contribution in [0.2, 0.25) is 0 Å². The molecule has 0 atom stereocenters. The van der Waals surface area contributed by atoms with Crippen molar-refractivity contribution in [1.29, 1.82) is 0 Å². The second kappa shape index (κ2) is 8.15. The maximum absolute atomic E-state index is 11.0. The molecule has 0 bridgehead atoms. The molecule has 0 saturated carbocycles. The molecule has 0 aromatic carbocycles. The minimum Gasteiger partial charge on any atom is -0.695 e. The molecule has 0 aliphatic carbocycles. The second-order valence-corrected chi connectivity index (χ2v) is 2.69. The number of rotatable bonds is 3. The van der Waals surface area contributed by atoms with Crippen molar-refractivity contribution in [1.82, 2.24) is 4.98 Å². The Morgan fingerprint density at radius 2 is 2.14 bits per heavy atom. The van der Waals surface area contributed by atoms with Gasteiger partial charge in [0, 0.05) is 0 Å². The van der Waals surface area contributed by atoms with Crippen molar-refractivity contribution in [2.75, 3.05) is 0 Å². The number of carbonyl (C=O) groups excluding carboxylic acids is 1. The molecule has 0 radical (unpaired) electrons. The van der Waals surface area contributed by atoms with Crippen molar-refractivity contribution in [3.8, 4) is 0 Å². The first-order chi connectivity index (χ1) is 5.68. The quantitative estimate of drug-likeness (QED) is 0.265. The average Bonchev–Trinajstić information content (AvgIpc) is 2.37. The van der Waals surface area contributed by atoms with E-state index in [4.69, 9.17) is 4.74 Å². The minimum absolute atomic E-state index is 0. The Morgan fingerprint density at radius 3 is 2.57 bits per heavy atom. The molecule has 0 amide bonds. The van der Waals surface area contributed by atoms with Gasteiger partial charge >= 0.3 is 37.7 Å². The fraction of sp³-hybridized carbons (Fsp3) is 0.333. The van der Waals surface area contributed by atoms with Gasteiger partial charge in [-0.1, -0.05) is 0 Å². The summed E-state index contributed by atoms with van der Waals surface area (Å²) in [6, 6.07) is 3.52. The van der Waals surface area contributed by atoms with Crippen molar-refractivity contribution in [2.45, 2.75) is 20.0 Å². The summed E-state index contributed by atoms with van der Waals surface area (Å²) < 4.78 is 4.89. The van der Waals surface area contributed by atoms with E-state index in [0.717, 1.165) is 0 Å². The number of hydrogen-bond acceptors (Lipinski definition) is 2. The van der Waals surface area contributed by atoms with Gasteiger partial charge in [-0.15, -0.1) is 6.42 Å². The van der Waals surface area contributed by atoms with E-state index in [1.165, 1.54) is 6.42 Å². The molecule has 0 unspecified atom stereocenters. The van der Waals surface area contributed by atoms with E-state index in [9.17, 15) is 4.79 Å². The Labute approximate surface area is 108 Å². The normalized spacial score (nSPS) is 8.50. The van der Waals surface area contributed by atoms with E-state index in [2.05, 4.69) is 4.98 Å². The molecular formula is C9H11Li2NO2. The largest absolute Gasteiger partial charge is 1.00 e. The van der Waals surface area contributed by atoms with Crippen LogP contribution >= 0.6 is 0 Å². The average molecular weight is 179 g/mol. The number of esters is 1. The Hall–Kier alpha value is -0.185. The van der Waals surface area contributed by atoms with Crippen molar-refractivity contribution in [2.24, 2.45) is 0 Å². The molecular weight excluding hydrogens is 168 g/mol. The number of hydrogen-bond donors (Lipinski definition) is 0. The van der Waals surface area contributed by atoms with Gasteiger partial charge in [0.05, 0.1) is 6.10 Å². The zero-order chi connectivity index (χ0) is 8.97. The Balaban J connectivity index is 0. The van der Waals surface area contributed by atoms with Gasteiger partial charge in [-0.25, -0.2) is 6.07 Å². The summed E-state index contributed by atoms with van der Waals surface area (Å²) in [5.74, 6) is -0.344. The Kier molecular flexibility index (Phi) is 9.46. The molecule has 0 fully saturated rings. The molecule has 1 aromatic rings. The summed E-state index contributed by atoms with van der Waals surface area (Å²) in [7, 11) is 0. The summed E-state index contributed by atoms with van der Waals surface area (Å²) >= 11 is 0. The Bertz CT molecular complexity index is 247. The number of nitrogens with zero attached hydrogens (tertiary/aromatic N) is 1. The van der Waals surface area contributed by atoms with Crippen LogP contribution in [0.1, 0.15) is 19.5 Å². The van der Waals surface area contributed by atoms with Gasteiger partial charge in [-0.3, -0.25) is 4.79 Å². The maximum atomic E-state index is 11.0. The first kappa shape index (κ1) is 16.3. The first-order valence-electron chi connectivity index (χ1n) is 3.81. The molecule has 1 aromatic heterocycles. The Morgan fingerprint density at radius 1 is 1.50 bits per heavy atom. The van der Waals surface area contributed by atoms with Crippen LogP contribution in [-0.2, 0) is 9.53 Å². The van der Waals surface area contributed by atoms with Crippen molar-refractivity contribution < 1.29 is 47.3 Å². The van der Waals surface area contributed by atoms with E-state index in [1.807, 2.05) is 13.8 Å². The second-order valence-electron chi connectivity index (χ2n) is 2.69. The molecule has 66 valence electrons. The molecule has 0 aliphatic heterocycles. The molecule has 0 N–H and O–H groups in total. The van der Waals surface area contributed by atoms with Crippen molar-refractivity contribution in [3.05, 3.63) is 30.4 Å². The monoisotopic (exact) mass is 179 g/mol.